The second-order valence-corrected chi connectivity index (χ2v) is 5.64. The summed E-state index contributed by atoms with van der Waals surface area (Å²) in [5, 5.41) is 3.77. The van der Waals surface area contributed by atoms with Crippen LogP contribution in [0.1, 0.15) is 5.56 Å². The summed E-state index contributed by atoms with van der Waals surface area (Å²) >= 11 is 11.9. The molecular weight excluding hydrogens is 353 g/mol. The van der Waals surface area contributed by atoms with E-state index in [9.17, 15) is 4.79 Å². The number of carbonyl (C=O) groups excluding carboxylic acids is 1. The van der Waals surface area contributed by atoms with Crippen molar-refractivity contribution in [1.82, 2.24) is 5.32 Å². The molecule has 0 aliphatic heterocycles. The number of rotatable bonds is 7. The van der Waals surface area contributed by atoms with Crippen LogP contribution in [0.3, 0.4) is 0 Å². The van der Waals surface area contributed by atoms with Crippen molar-refractivity contribution in [3.63, 3.8) is 0 Å². The Labute approximate surface area is 150 Å². The lowest BCUT2D eigenvalue weighted by Gasteiger charge is -2.14. The van der Waals surface area contributed by atoms with E-state index >= 15 is 0 Å². The molecule has 2 rings (SSSR count). The van der Waals surface area contributed by atoms with E-state index in [4.69, 9.17) is 37.4 Å². The van der Waals surface area contributed by atoms with Crippen molar-refractivity contribution in [3.8, 4) is 17.2 Å². The Hall–Kier alpha value is -2.11. The van der Waals surface area contributed by atoms with Gasteiger partial charge >= 0.3 is 0 Å². The fourth-order valence-electron chi connectivity index (χ4n) is 2.01. The van der Waals surface area contributed by atoms with E-state index in [0.717, 1.165) is 5.56 Å². The molecule has 1 amide bonds. The van der Waals surface area contributed by atoms with Crippen LogP contribution in [0, 0.1) is 0 Å². The Balaban J connectivity index is 1.94. The van der Waals surface area contributed by atoms with Gasteiger partial charge in [-0.25, -0.2) is 0 Å². The Morgan fingerprint density at radius 3 is 2.33 bits per heavy atom. The number of amides is 1. The van der Waals surface area contributed by atoms with Gasteiger partial charge in [0.1, 0.15) is 0 Å². The topological polar surface area (TPSA) is 56.8 Å². The molecule has 0 atom stereocenters. The van der Waals surface area contributed by atoms with Gasteiger partial charge in [-0.05, 0) is 29.8 Å². The normalized spacial score (nSPS) is 10.2. The first-order valence-electron chi connectivity index (χ1n) is 7.09. The Kier molecular flexibility index (Phi) is 6.58. The van der Waals surface area contributed by atoms with Crippen LogP contribution < -0.4 is 19.5 Å². The molecule has 2 aromatic carbocycles. The number of para-hydroxylation sites is 1. The molecule has 7 heteroatoms. The summed E-state index contributed by atoms with van der Waals surface area (Å²) in [6, 6.07) is 10.3. The fraction of sp³-hybridized carbons (Fsp3) is 0.235. The van der Waals surface area contributed by atoms with Crippen LogP contribution in [0.2, 0.25) is 10.0 Å². The van der Waals surface area contributed by atoms with Crippen LogP contribution in [0.5, 0.6) is 17.2 Å². The number of hydrogen-bond donors (Lipinski definition) is 1. The molecule has 2 aromatic rings. The van der Waals surface area contributed by atoms with Crippen molar-refractivity contribution < 1.29 is 19.0 Å². The molecule has 0 spiro atoms. The first kappa shape index (κ1) is 18.2. The molecule has 0 saturated heterocycles. The largest absolute Gasteiger partial charge is 0.493 e. The molecule has 0 aliphatic carbocycles. The van der Waals surface area contributed by atoms with Crippen molar-refractivity contribution in [3.05, 3.63) is 52.0 Å². The maximum absolute atomic E-state index is 12.0. The second-order valence-electron chi connectivity index (χ2n) is 4.79. The third kappa shape index (κ3) is 4.69. The van der Waals surface area contributed by atoms with Crippen LogP contribution in [0.4, 0.5) is 0 Å². The minimum atomic E-state index is -0.297. The summed E-state index contributed by atoms with van der Waals surface area (Å²) in [5.74, 6) is 1.06. The van der Waals surface area contributed by atoms with E-state index in [1.54, 1.807) is 36.4 Å². The number of halogens is 2. The van der Waals surface area contributed by atoms with Crippen molar-refractivity contribution in [2.24, 2.45) is 0 Å². The fourth-order valence-corrected chi connectivity index (χ4v) is 2.48. The highest BCUT2D eigenvalue weighted by atomic mass is 35.5. The van der Waals surface area contributed by atoms with Gasteiger partial charge in [0, 0.05) is 16.6 Å². The number of benzene rings is 2. The zero-order chi connectivity index (χ0) is 17.5. The zero-order valence-electron chi connectivity index (χ0n) is 13.3. The minimum Gasteiger partial charge on any atom is -0.493 e. The maximum Gasteiger partial charge on any atom is 0.258 e. The quantitative estimate of drug-likeness (QED) is 0.808. The standard InChI is InChI=1S/C17H17Cl2NO4/c1-22-14-4-3-5-15(23-2)17(14)24-10-16(21)20-9-11-6-7-12(18)8-13(11)19/h3-8H,9-10H2,1-2H3,(H,20,21). The maximum atomic E-state index is 12.0. The van der Waals surface area contributed by atoms with Crippen LogP contribution >= 0.6 is 23.2 Å². The molecule has 0 unspecified atom stereocenters. The van der Waals surface area contributed by atoms with Crippen LogP contribution in [0.15, 0.2) is 36.4 Å². The van der Waals surface area contributed by atoms with Gasteiger partial charge < -0.3 is 19.5 Å². The first-order valence-corrected chi connectivity index (χ1v) is 7.85. The third-order valence-electron chi connectivity index (χ3n) is 3.22. The van der Waals surface area contributed by atoms with Gasteiger partial charge in [0.15, 0.2) is 18.1 Å². The van der Waals surface area contributed by atoms with Crippen LogP contribution in [-0.2, 0) is 11.3 Å². The third-order valence-corrected chi connectivity index (χ3v) is 3.81. The number of ether oxygens (including phenoxy) is 3. The number of methoxy groups -OCH3 is 2. The minimum absolute atomic E-state index is 0.179. The molecule has 0 fully saturated rings. The average Bonchev–Trinajstić information content (AvgIpc) is 2.58. The number of nitrogens with one attached hydrogen (secondary N) is 1. The second kappa shape index (κ2) is 8.66. The van der Waals surface area contributed by atoms with Gasteiger partial charge in [-0.1, -0.05) is 35.3 Å². The Morgan fingerprint density at radius 1 is 1.08 bits per heavy atom. The monoisotopic (exact) mass is 369 g/mol. The molecule has 0 heterocycles. The van der Waals surface area contributed by atoms with E-state index in [1.165, 1.54) is 14.2 Å². The summed E-state index contributed by atoms with van der Waals surface area (Å²) in [5.41, 5.74) is 0.768. The molecule has 1 N–H and O–H groups in total. The number of hydrogen-bond acceptors (Lipinski definition) is 4. The molecule has 0 saturated carbocycles. The van der Waals surface area contributed by atoms with Gasteiger partial charge in [-0.2, -0.15) is 0 Å². The van der Waals surface area contributed by atoms with E-state index in [2.05, 4.69) is 5.32 Å². The molecule has 0 aromatic heterocycles. The average molecular weight is 370 g/mol. The Bertz CT molecular complexity index is 699. The summed E-state index contributed by atoms with van der Waals surface area (Å²) in [7, 11) is 3.04. The molecule has 128 valence electrons. The van der Waals surface area contributed by atoms with Crippen molar-refractivity contribution in [2.75, 3.05) is 20.8 Å². The lowest BCUT2D eigenvalue weighted by Crippen LogP contribution is -2.28. The van der Waals surface area contributed by atoms with Crippen LogP contribution in [0.25, 0.3) is 0 Å². The van der Waals surface area contributed by atoms with Crippen molar-refractivity contribution >= 4 is 29.1 Å². The predicted octanol–water partition coefficient (Wildman–Crippen LogP) is 3.71. The van der Waals surface area contributed by atoms with E-state index in [0.29, 0.717) is 27.3 Å². The van der Waals surface area contributed by atoms with Gasteiger partial charge in [0.2, 0.25) is 5.75 Å². The summed E-state index contributed by atoms with van der Waals surface area (Å²) in [6.07, 6.45) is 0. The van der Waals surface area contributed by atoms with E-state index in [1.807, 2.05) is 0 Å². The molecular formula is C17H17Cl2NO4. The van der Waals surface area contributed by atoms with Gasteiger partial charge in [0.05, 0.1) is 14.2 Å². The van der Waals surface area contributed by atoms with E-state index < -0.39 is 0 Å². The molecule has 0 aliphatic rings. The van der Waals surface area contributed by atoms with Gasteiger partial charge in [-0.3, -0.25) is 4.79 Å². The summed E-state index contributed by atoms with van der Waals surface area (Å²) < 4.78 is 16.0. The summed E-state index contributed by atoms with van der Waals surface area (Å²) in [6.45, 7) is 0.100. The predicted molar refractivity (Wildman–Crippen MR) is 93.3 cm³/mol. The number of carbonyl (C=O) groups is 1. The lowest BCUT2D eigenvalue weighted by molar-refractivity contribution is -0.123. The molecule has 24 heavy (non-hydrogen) atoms. The zero-order valence-corrected chi connectivity index (χ0v) is 14.8. The van der Waals surface area contributed by atoms with Crippen molar-refractivity contribution in [1.29, 1.82) is 0 Å². The summed E-state index contributed by atoms with van der Waals surface area (Å²) in [4.78, 5) is 12.0. The molecule has 0 bridgehead atoms. The highest BCUT2D eigenvalue weighted by Crippen LogP contribution is 2.36. The SMILES string of the molecule is COc1cccc(OC)c1OCC(=O)NCc1ccc(Cl)cc1Cl. The Morgan fingerprint density at radius 2 is 1.75 bits per heavy atom. The molecule has 5 nitrogen and oxygen atoms in total. The van der Waals surface area contributed by atoms with Crippen LogP contribution in [-0.4, -0.2) is 26.7 Å². The van der Waals surface area contributed by atoms with Gasteiger partial charge in [-0.15, -0.1) is 0 Å². The lowest BCUT2D eigenvalue weighted by atomic mass is 10.2. The van der Waals surface area contributed by atoms with E-state index in [-0.39, 0.29) is 19.1 Å². The van der Waals surface area contributed by atoms with Crippen molar-refractivity contribution in [2.45, 2.75) is 6.54 Å². The molecule has 0 radical (unpaired) electrons. The highest BCUT2D eigenvalue weighted by molar-refractivity contribution is 6.35. The smallest absolute Gasteiger partial charge is 0.258 e. The highest BCUT2D eigenvalue weighted by Gasteiger charge is 2.13. The first-order chi connectivity index (χ1) is 11.5. The van der Waals surface area contributed by atoms with Gasteiger partial charge in [0.25, 0.3) is 5.91 Å².